The third-order valence-electron chi connectivity index (χ3n) is 4.45. The monoisotopic (exact) mass is 377 g/mol. The number of nitrogens with zero attached hydrogens (tertiary/aromatic N) is 1. The lowest BCUT2D eigenvalue weighted by atomic mass is 9.98. The zero-order valence-electron chi connectivity index (χ0n) is 14.0. The van der Waals surface area contributed by atoms with Gasteiger partial charge < -0.3 is 14.4 Å². The summed E-state index contributed by atoms with van der Waals surface area (Å²) in [6.07, 6.45) is 2.38. The number of furan rings is 1. The summed E-state index contributed by atoms with van der Waals surface area (Å²) in [4.78, 5) is 25.5. The number of carbonyl (C=O) groups is 2. The van der Waals surface area contributed by atoms with Crippen molar-refractivity contribution in [3.05, 3.63) is 54.0 Å². The van der Waals surface area contributed by atoms with Crippen molar-refractivity contribution in [1.82, 2.24) is 4.90 Å². The van der Waals surface area contributed by atoms with Crippen LogP contribution in [0.25, 0.3) is 0 Å². The Morgan fingerprint density at radius 3 is 2.62 bits per heavy atom. The van der Waals surface area contributed by atoms with Crippen molar-refractivity contribution < 1.29 is 27.5 Å². The second-order valence-corrected chi connectivity index (χ2v) is 8.27. The van der Waals surface area contributed by atoms with Crippen LogP contribution in [0.2, 0.25) is 0 Å². The van der Waals surface area contributed by atoms with Crippen LogP contribution < -0.4 is 0 Å². The summed E-state index contributed by atoms with van der Waals surface area (Å²) in [6, 6.07) is 9.45. The van der Waals surface area contributed by atoms with Gasteiger partial charge in [0.1, 0.15) is 0 Å². The van der Waals surface area contributed by atoms with E-state index in [1.54, 1.807) is 18.2 Å². The van der Waals surface area contributed by atoms with E-state index in [0.717, 1.165) is 0 Å². The predicted molar refractivity (Wildman–Crippen MR) is 92.3 cm³/mol. The first-order chi connectivity index (χ1) is 12.4. The van der Waals surface area contributed by atoms with Gasteiger partial charge in [0.05, 0.1) is 22.8 Å². The maximum absolute atomic E-state index is 12.7. The lowest BCUT2D eigenvalue weighted by Crippen LogP contribution is -2.42. The normalized spacial score (nSPS) is 17.8. The van der Waals surface area contributed by atoms with Crippen LogP contribution in [0.5, 0.6) is 0 Å². The summed E-state index contributed by atoms with van der Waals surface area (Å²) in [6.45, 7) is 0.522. The predicted octanol–water partition coefficient (Wildman–Crippen LogP) is 2.19. The highest BCUT2D eigenvalue weighted by molar-refractivity contribution is 7.90. The molecule has 1 aromatic heterocycles. The Labute approximate surface area is 151 Å². The van der Waals surface area contributed by atoms with Gasteiger partial charge in [-0.25, -0.2) is 8.42 Å². The van der Waals surface area contributed by atoms with E-state index in [-0.39, 0.29) is 28.5 Å². The van der Waals surface area contributed by atoms with Gasteiger partial charge in [-0.15, -0.1) is 0 Å². The first-order valence-electron chi connectivity index (χ1n) is 8.25. The summed E-state index contributed by atoms with van der Waals surface area (Å²) in [5.41, 5.74) is 0.274. The van der Waals surface area contributed by atoms with Crippen LogP contribution in [0.1, 0.15) is 29.0 Å². The lowest BCUT2D eigenvalue weighted by Gasteiger charge is -2.30. The molecule has 0 spiro atoms. The molecule has 1 atom stereocenters. The third-order valence-corrected chi connectivity index (χ3v) is 6.13. The van der Waals surface area contributed by atoms with Crippen molar-refractivity contribution in [3.63, 3.8) is 0 Å². The molecule has 8 heteroatoms. The molecular formula is C18H19NO6S. The highest BCUT2D eigenvalue weighted by Gasteiger charge is 2.31. The number of benzene rings is 1. The smallest absolute Gasteiger partial charge is 0.308 e. The molecule has 0 bridgehead atoms. The molecule has 1 unspecified atom stereocenters. The molecule has 3 rings (SSSR count). The third kappa shape index (κ3) is 3.80. The highest BCUT2D eigenvalue weighted by atomic mass is 32.2. The number of aliphatic carboxylic acids is 1. The molecule has 1 aliphatic heterocycles. The van der Waals surface area contributed by atoms with Crippen LogP contribution in [0.4, 0.5) is 0 Å². The maximum atomic E-state index is 12.7. The summed E-state index contributed by atoms with van der Waals surface area (Å²) < 4.78 is 30.3. The van der Waals surface area contributed by atoms with Crippen LogP contribution >= 0.6 is 0 Å². The Bertz CT molecular complexity index is 903. The first kappa shape index (κ1) is 18.2. The van der Waals surface area contributed by atoms with Crippen LogP contribution in [0.3, 0.4) is 0 Å². The molecule has 0 radical (unpaired) electrons. The van der Waals surface area contributed by atoms with Gasteiger partial charge in [0.25, 0.3) is 5.91 Å². The van der Waals surface area contributed by atoms with Gasteiger partial charge in [-0.2, -0.15) is 0 Å². The minimum atomic E-state index is -3.62. The van der Waals surface area contributed by atoms with E-state index < -0.39 is 27.6 Å². The molecule has 1 aromatic carbocycles. The Kier molecular flexibility index (Phi) is 5.13. The Hall–Kier alpha value is -2.61. The summed E-state index contributed by atoms with van der Waals surface area (Å²) in [5, 5.41) is 9.16. The molecule has 2 aromatic rings. The molecule has 7 nitrogen and oxygen atoms in total. The number of carboxylic acids is 1. The maximum Gasteiger partial charge on any atom is 0.308 e. The number of carboxylic acid groups (broad SMARTS) is 1. The fraction of sp³-hybridized carbons (Fsp3) is 0.333. The summed E-state index contributed by atoms with van der Waals surface area (Å²) in [5.74, 6) is -2.42. The minimum Gasteiger partial charge on any atom is -0.481 e. The second kappa shape index (κ2) is 7.33. The highest BCUT2D eigenvalue weighted by Crippen LogP contribution is 2.24. The fourth-order valence-corrected chi connectivity index (χ4v) is 4.43. The molecule has 26 heavy (non-hydrogen) atoms. The molecule has 1 N–H and O–H groups in total. The fourth-order valence-electron chi connectivity index (χ4n) is 3.06. The van der Waals surface area contributed by atoms with Crippen LogP contribution in [0.15, 0.2) is 52.0 Å². The van der Waals surface area contributed by atoms with Crippen molar-refractivity contribution in [1.29, 1.82) is 0 Å². The van der Waals surface area contributed by atoms with E-state index in [1.807, 2.05) is 0 Å². The zero-order valence-corrected chi connectivity index (χ0v) is 14.8. The number of hydrogen-bond donors (Lipinski definition) is 1. The van der Waals surface area contributed by atoms with Crippen LogP contribution in [-0.2, 0) is 20.4 Å². The number of hydrogen-bond acceptors (Lipinski definition) is 5. The van der Waals surface area contributed by atoms with Crippen molar-refractivity contribution in [3.8, 4) is 0 Å². The SMILES string of the molecule is O=C(O)C1CCCN(C(=O)c2occc2CS(=O)(=O)c2ccccc2)C1. The average molecular weight is 377 g/mol. The van der Waals surface area contributed by atoms with Crippen molar-refractivity contribution in [2.24, 2.45) is 5.92 Å². The summed E-state index contributed by atoms with van der Waals surface area (Å²) in [7, 11) is -3.62. The average Bonchev–Trinajstić information content (AvgIpc) is 3.09. The van der Waals surface area contributed by atoms with Gasteiger partial charge in [-0.1, -0.05) is 18.2 Å². The van der Waals surface area contributed by atoms with Gasteiger partial charge in [-0.05, 0) is 31.0 Å². The molecule has 1 amide bonds. The topological polar surface area (TPSA) is 105 Å². The number of sulfone groups is 1. The second-order valence-electron chi connectivity index (χ2n) is 6.28. The minimum absolute atomic E-state index is 0.0458. The van der Waals surface area contributed by atoms with Crippen LogP contribution in [0, 0.1) is 5.92 Å². The van der Waals surface area contributed by atoms with Gasteiger partial charge in [0.15, 0.2) is 15.6 Å². The van der Waals surface area contributed by atoms with E-state index in [9.17, 15) is 18.0 Å². The van der Waals surface area contributed by atoms with Crippen molar-refractivity contribution >= 4 is 21.7 Å². The molecule has 1 saturated heterocycles. The van der Waals surface area contributed by atoms with Gasteiger partial charge in [0.2, 0.25) is 0 Å². The largest absolute Gasteiger partial charge is 0.481 e. The quantitative estimate of drug-likeness (QED) is 0.856. The van der Waals surface area contributed by atoms with E-state index >= 15 is 0 Å². The number of likely N-dealkylation sites (tertiary alicyclic amines) is 1. The molecule has 2 heterocycles. The molecule has 1 aliphatic rings. The molecule has 0 saturated carbocycles. The molecule has 0 aliphatic carbocycles. The Morgan fingerprint density at radius 2 is 1.92 bits per heavy atom. The molecular weight excluding hydrogens is 358 g/mol. The standard InChI is InChI=1S/C18H19NO6S/c20-17(19-9-4-5-13(11-19)18(21)22)16-14(8-10-25-16)12-26(23,24)15-6-2-1-3-7-15/h1-3,6-8,10,13H,4-5,9,11-12H2,(H,21,22). The number of rotatable bonds is 5. The van der Waals surface area contributed by atoms with Gasteiger partial charge in [0, 0.05) is 18.7 Å². The Balaban J connectivity index is 1.80. The van der Waals surface area contributed by atoms with Crippen LogP contribution in [-0.4, -0.2) is 43.4 Å². The van der Waals surface area contributed by atoms with Gasteiger partial charge in [-0.3, -0.25) is 9.59 Å². The van der Waals surface area contributed by atoms with Crippen molar-refractivity contribution in [2.75, 3.05) is 13.1 Å². The van der Waals surface area contributed by atoms with Gasteiger partial charge >= 0.3 is 5.97 Å². The first-order valence-corrected chi connectivity index (χ1v) is 9.90. The summed E-state index contributed by atoms with van der Waals surface area (Å²) >= 11 is 0. The van der Waals surface area contributed by atoms with E-state index in [0.29, 0.717) is 19.4 Å². The number of amides is 1. The molecule has 138 valence electrons. The van der Waals surface area contributed by atoms with E-state index in [1.165, 1.54) is 29.4 Å². The molecule has 1 fully saturated rings. The van der Waals surface area contributed by atoms with E-state index in [2.05, 4.69) is 0 Å². The lowest BCUT2D eigenvalue weighted by molar-refractivity contribution is -0.143. The van der Waals surface area contributed by atoms with E-state index in [4.69, 9.17) is 9.52 Å². The van der Waals surface area contributed by atoms with Crippen molar-refractivity contribution in [2.45, 2.75) is 23.5 Å². The number of carbonyl (C=O) groups excluding carboxylic acids is 1. The Morgan fingerprint density at radius 1 is 1.19 bits per heavy atom. The number of piperidine rings is 1. The zero-order chi connectivity index (χ0) is 18.7.